The van der Waals surface area contributed by atoms with Gasteiger partial charge in [-0.25, -0.2) is 0 Å². The van der Waals surface area contributed by atoms with Crippen molar-refractivity contribution in [2.75, 3.05) is 0 Å². The average molecular weight is 388 g/mol. The molecule has 0 spiro atoms. The van der Waals surface area contributed by atoms with Crippen molar-refractivity contribution >= 4 is 156 Å². The van der Waals surface area contributed by atoms with Gasteiger partial charge < -0.3 is 0 Å². The van der Waals surface area contributed by atoms with Gasteiger partial charge in [0.15, 0.2) is 156 Å². The summed E-state index contributed by atoms with van der Waals surface area (Å²) in [5.41, 5.74) is 0. The van der Waals surface area contributed by atoms with Gasteiger partial charge in [-0.1, -0.05) is 0 Å². The van der Waals surface area contributed by atoms with E-state index in [9.17, 15) is 0 Å². The Morgan fingerprint density at radius 2 is 0.182 bits per heavy atom. The molecule has 0 amide bonds. The van der Waals surface area contributed by atoms with Crippen LogP contribution in [0.15, 0.2) is 0 Å². The second-order valence-electron chi connectivity index (χ2n) is 0. The molecule has 0 fully saturated rings. The monoisotopic (exact) mass is 388 g/mol. The van der Waals surface area contributed by atoms with E-state index in [1.165, 1.54) is 0 Å². The summed E-state index contributed by atoms with van der Waals surface area (Å²) in [4.78, 5) is 0. The Balaban J connectivity index is 0. The maximum absolute atomic E-state index is 0. The average Bonchev–Trinajstić information content (AvgIpc) is 0. The SMILES string of the molecule is [AlH3].[AlH3].[AlH3].[AlH3].[AlH3].[AlH3].[AlH3].[AlH3].[AlH3].[Co].[Co]. The van der Waals surface area contributed by atoms with Crippen molar-refractivity contribution in [1.29, 1.82) is 0 Å². The van der Waals surface area contributed by atoms with Crippen LogP contribution >= 0.6 is 0 Å². The largest absolute Gasteiger partial charge is 0.187 e. The Morgan fingerprint density at radius 1 is 0.182 bits per heavy atom. The van der Waals surface area contributed by atoms with Crippen molar-refractivity contribution in [1.82, 2.24) is 0 Å². The van der Waals surface area contributed by atoms with Gasteiger partial charge in [-0.3, -0.25) is 0 Å². The molecule has 0 aromatic rings. The molecular formula is H27Al9Co2. The van der Waals surface area contributed by atoms with E-state index < -0.39 is 0 Å². The van der Waals surface area contributed by atoms with E-state index in [-0.39, 0.29) is 190 Å². The van der Waals surface area contributed by atoms with Crippen LogP contribution in [-0.4, -0.2) is 156 Å². The fourth-order valence-corrected chi connectivity index (χ4v) is 0. The van der Waals surface area contributed by atoms with Crippen LogP contribution in [0, 0.1) is 0 Å². The normalized spacial score (nSPS) is 0. The number of rotatable bonds is 0. The first-order valence-electron chi connectivity index (χ1n) is 0. The van der Waals surface area contributed by atoms with E-state index in [0.29, 0.717) is 0 Å². The summed E-state index contributed by atoms with van der Waals surface area (Å²) in [6.07, 6.45) is 0. The summed E-state index contributed by atoms with van der Waals surface area (Å²) < 4.78 is 0. The van der Waals surface area contributed by atoms with Crippen molar-refractivity contribution in [2.24, 2.45) is 0 Å². The van der Waals surface area contributed by atoms with Gasteiger partial charge in [0.25, 0.3) is 0 Å². The minimum absolute atomic E-state index is 0. The van der Waals surface area contributed by atoms with Crippen molar-refractivity contribution < 1.29 is 33.6 Å². The third kappa shape index (κ3) is 89.4. The predicted octanol–water partition coefficient (Wildman–Crippen LogP) is -10.7. The Hall–Kier alpha value is 5.81. The summed E-state index contributed by atoms with van der Waals surface area (Å²) in [5, 5.41) is 0. The molecule has 11 heteroatoms. The summed E-state index contributed by atoms with van der Waals surface area (Å²) in [6.45, 7) is 0. The van der Waals surface area contributed by atoms with E-state index >= 15 is 0 Å². The van der Waals surface area contributed by atoms with E-state index in [0.717, 1.165) is 0 Å². The fourth-order valence-electron chi connectivity index (χ4n) is 0. The Kier molecular flexibility index (Phi) is 1160. The number of hydrogen-bond donors (Lipinski definition) is 0. The molecule has 0 aromatic heterocycles. The van der Waals surface area contributed by atoms with Crippen LogP contribution in [0.5, 0.6) is 0 Å². The zero-order valence-electron chi connectivity index (χ0n) is 0.667. The molecule has 0 rings (SSSR count). The van der Waals surface area contributed by atoms with Crippen LogP contribution < -0.4 is 0 Å². The van der Waals surface area contributed by atoms with Gasteiger partial charge in [0.05, 0.1) is 0 Å². The van der Waals surface area contributed by atoms with Gasteiger partial charge >= 0.3 is 0 Å². The molecule has 0 aromatic carbocycles. The second-order valence-corrected chi connectivity index (χ2v) is 0. The third-order valence-corrected chi connectivity index (χ3v) is 0. The molecule has 0 heterocycles. The van der Waals surface area contributed by atoms with Gasteiger partial charge in [-0.15, -0.1) is 0 Å². The molecule has 0 atom stereocenters. The van der Waals surface area contributed by atoms with E-state index in [1.54, 1.807) is 0 Å². The Bertz CT molecular complexity index is 7.52. The van der Waals surface area contributed by atoms with Gasteiger partial charge in [0.1, 0.15) is 0 Å². The molecule has 0 nitrogen and oxygen atoms in total. The molecule has 0 saturated carbocycles. The van der Waals surface area contributed by atoms with Crippen LogP contribution in [-0.2, 0) is 33.6 Å². The smallest absolute Gasteiger partial charge is 0 e. The Morgan fingerprint density at radius 3 is 0.182 bits per heavy atom. The molecule has 0 aliphatic rings. The van der Waals surface area contributed by atoms with Crippen LogP contribution in [0.1, 0.15) is 0 Å². The maximum atomic E-state index is 0. The topological polar surface area (TPSA) is 0 Å². The van der Waals surface area contributed by atoms with E-state index in [2.05, 4.69) is 0 Å². The van der Waals surface area contributed by atoms with Crippen LogP contribution in [0.3, 0.4) is 0 Å². The fraction of sp³-hybridized carbons (Fsp3) is 0. The van der Waals surface area contributed by atoms with Crippen LogP contribution in [0.25, 0.3) is 0 Å². The summed E-state index contributed by atoms with van der Waals surface area (Å²) in [5.74, 6) is 0. The molecule has 2 radical (unpaired) electrons. The van der Waals surface area contributed by atoms with Gasteiger partial charge in [-0.2, -0.15) is 0 Å². The molecule has 72 valence electrons. The number of hydrogen-bond acceptors (Lipinski definition) is 0. The third-order valence-electron chi connectivity index (χ3n) is 0. The Labute approximate surface area is 186 Å². The molecule has 0 unspecified atom stereocenters. The standard InChI is InChI=1S/9Al.2Co.27H. The zero-order chi connectivity index (χ0) is 0. The summed E-state index contributed by atoms with van der Waals surface area (Å²) in [6, 6.07) is 0. The molecule has 11 heavy (non-hydrogen) atoms. The van der Waals surface area contributed by atoms with Gasteiger partial charge in [-0.05, 0) is 0 Å². The van der Waals surface area contributed by atoms with Crippen LogP contribution in [0.4, 0.5) is 0 Å². The maximum Gasteiger partial charge on any atom is 0.187 e. The first kappa shape index (κ1) is 125. The molecule has 0 aliphatic heterocycles. The van der Waals surface area contributed by atoms with Crippen molar-refractivity contribution in [3.63, 3.8) is 0 Å². The molecular weight excluding hydrogens is 361 g/mol. The van der Waals surface area contributed by atoms with E-state index in [1.807, 2.05) is 0 Å². The minimum Gasteiger partial charge on any atom is 0 e. The molecule has 0 N–H and O–H groups in total. The molecule has 0 saturated heterocycles. The first-order chi connectivity index (χ1) is 0. The molecule has 0 bridgehead atoms. The molecule has 0 aliphatic carbocycles. The van der Waals surface area contributed by atoms with Crippen molar-refractivity contribution in [3.05, 3.63) is 0 Å². The summed E-state index contributed by atoms with van der Waals surface area (Å²) in [7, 11) is 0. The quantitative estimate of drug-likeness (QED) is 0.362. The van der Waals surface area contributed by atoms with Gasteiger partial charge in [0.2, 0.25) is 0 Å². The van der Waals surface area contributed by atoms with E-state index in [4.69, 9.17) is 0 Å². The first-order valence-corrected chi connectivity index (χ1v) is 0. The van der Waals surface area contributed by atoms with Crippen molar-refractivity contribution in [3.8, 4) is 0 Å². The predicted molar refractivity (Wildman–Crippen MR) is 89.5 cm³/mol. The van der Waals surface area contributed by atoms with Crippen molar-refractivity contribution in [2.45, 2.75) is 0 Å². The second kappa shape index (κ2) is 103. The van der Waals surface area contributed by atoms with Gasteiger partial charge in [0, 0.05) is 33.6 Å². The van der Waals surface area contributed by atoms with Crippen LogP contribution in [0.2, 0.25) is 0 Å². The summed E-state index contributed by atoms with van der Waals surface area (Å²) >= 11 is 0. The zero-order valence-corrected chi connectivity index (χ0v) is 2.75. The minimum atomic E-state index is 0.